The Balaban J connectivity index is 2.28. The highest BCUT2D eigenvalue weighted by atomic mass is 14.9. The first-order chi connectivity index (χ1) is 4.43. The van der Waals surface area contributed by atoms with Crippen LogP contribution in [-0.4, -0.2) is 12.6 Å². The number of hydrogen-bond donors (Lipinski definition) is 1. The third-order valence-electron chi connectivity index (χ3n) is 1.50. The van der Waals surface area contributed by atoms with Gasteiger partial charge in [-0.25, -0.2) is 0 Å². The van der Waals surface area contributed by atoms with Crippen LogP contribution in [0, 0.1) is 11.3 Å². The van der Waals surface area contributed by atoms with Gasteiger partial charge in [0.05, 0.1) is 6.07 Å². The van der Waals surface area contributed by atoms with Gasteiger partial charge in [-0.2, -0.15) is 5.26 Å². The Labute approximate surface area is 55.2 Å². The topological polar surface area (TPSA) is 35.8 Å². The number of nitriles is 1. The molecule has 0 bridgehead atoms. The summed E-state index contributed by atoms with van der Waals surface area (Å²) in [6.45, 7) is 1.10. The lowest BCUT2D eigenvalue weighted by Gasteiger charge is -1.98. The third kappa shape index (κ3) is 1.87. The van der Waals surface area contributed by atoms with Gasteiger partial charge in [-0.15, -0.1) is 0 Å². The predicted octanol–water partition coefficient (Wildman–Crippen LogP) is 0.818. The summed E-state index contributed by atoms with van der Waals surface area (Å²) < 4.78 is 0. The van der Waals surface area contributed by atoms with Gasteiger partial charge in [0.15, 0.2) is 0 Å². The summed E-state index contributed by atoms with van der Waals surface area (Å²) in [6, 6.07) is 2.44. The lowest BCUT2D eigenvalue weighted by molar-refractivity contribution is 0.728. The van der Waals surface area contributed by atoms with Crippen molar-refractivity contribution in [3.63, 3.8) is 0 Å². The molecule has 1 rings (SSSR count). The average Bonchev–Trinajstić information content (AvgIpc) is 2.34. The molecule has 1 heterocycles. The minimum atomic E-state index is 0.463. The Morgan fingerprint density at radius 2 is 2.56 bits per heavy atom. The van der Waals surface area contributed by atoms with Gasteiger partial charge in [-0.05, 0) is 19.4 Å². The van der Waals surface area contributed by atoms with Crippen LogP contribution >= 0.6 is 0 Å². The smallest absolute Gasteiger partial charge is 0.0909 e. The van der Waals surface area contributed by atoms with E-state index in [-0.39, 0.29) is 0 Å². The molecule has 0 amide bonds. The molecule has 0 aromatic rings. The second-order valence-electron chi connectivity index (χ2n) is 2.19. The Morgan fingerprint density at radius 1 is 1.67 bits per heavy atom. The first-order valence-corrected chi connectivity index (χ1v) is 3.23. The molecule has 0 aromatic carbocycles. The molecule has 48 valence electrons. The molecule has 1 fully saturated rings. The maximum absolute atomic E-state index is 8.16. The summed E-state index contributed by atoms with van der Waals surface area (Å²) in [6.07, 6.45) is 5.88. The Kier molecular flexibility index (Phi) is 2.29. The molecule has 1 aliphatic rings. The van der Waals surface area contributed by atoms with Crippen molar-refractivity contribution in [3.05, 3.63) is 12.2 Å². The fourth-order valence-corrected chi connectivity index (χ4v) is 1.03. The van der Waals surface area contributed by atoms with Crippen molar-refractivity contribution in [3.8, 4) is 6.07 Å². The highest BCUT2D eigenvalue weighted by Crippen LogP contribution is 2.04. The lowest BCUT2D eigenvalue weighted by atomic mass is 10.2. The Hall–Kier alpha value is -0.810. The van der Waals surface area contributed by atoms with Crippen LogP contribution in [0.1, 0.15) is 12.8 Å². The normalized spacial score (nSPS) is 26.8. The summed E-state index contributed by atoms with van der Waals surface area (Å²) in [5.41, 5.74) is 0. The quantitative estimate of drug-likeness (QED) is 0.522. The fourth-order valence-electron chi connectivity index (χ4n) is 1.03. The van der Waals surface area contributed by atoms with Crippen LogP contribution in [0.25, 0.3) is 0 Å². The maximum Gasteiger partial charge on any atom is 0.0909 e. The molecule has 2 nitrogen and oxygen atoms in total. The van der Waals surface area contributed by atoms with Crippen LogP contribution in [0.4, 0.5) is 0 Å². The standard InChI is InChI=1S/C7H10N2/c8-5-1-3-7-4-2-6-9-7/h1,3,7,9H,2,4,6H2/b3-1+/t7-/m1/s1. The summed E-state index contributed by atoms with van der Waals surface area (Å²) >= 11 is 0. The van der Waals surface area contributed by atoms with E-state index in [4.69, 9.17) is 5.26 Å². The SMILES string of the molecule is N#C/C=C/[C@@H]1CCCN1. The van der Waals surface area contributed by atoms with Crippen LogP contribution in [-0.2, 0) is 0 Å². The number of rotatable bonds is 1. The zero-order chi connectivity index (χ0) is 6.53. The van der Waals surface area contributed by atoms with Gasteiger partial charge < -0.3 is 5.32 Å². The average molecular weight is 122 g/mol. The maximum atomic E-state index is 8.16. The fraction of sp³-hybridized carbons (Fsp3) is 0.571. The van der Waals surface area contributed by atoms with E-state index >= 15 is 0 Å². The molecular formula is C7H10N2. The summed E-state index contributed by atoms with van der Waals surface area (Å²) in [5, 5.41) is 11.4. The minimum Gasteiger partial charge on any atom is -0.310 e. The van der Waals surface area contributed by atoms with Crippen molar-refractivity contribution in [2.45, 2.75) is 18.9 Å². The van der Waals surface area contributed by atoms with Crippen LogP contribution in [0.5, 0.6) is 0 Å². The van der Waals surface area contributed by atoms with E-state index in [1.54, 1.807) is 6.08 Å². The molecule has 1 N–H and O–H groups in total. The first kappa shape index (κ1) is 6.31. The van der Waals surface area contributed by atoms with Crippen molar-refractivity contribution in [2.24, 2.45) is 0 Å². The van der Waals surface area contributed by atoms with E-state index in [1.807, 2.05) is 12.1 Å². The minimum absolute atomic E-state index is 0.463. The summed E-state index contributed by atoms with van der Waals surface area (Å²) in [7, 11) is 0. The third-order valence-corrected chi connectivity index (χ3v) is 1.50. The van der Waals surface area contributed by atoms with Crippen molar-refractivity contribution < 1.29 is 0 Å². The molecule has 9 heavy (non-hydrogen) atoms. The zero-order valence-corrected chi connectivity index (χ0v) is 5.30. The Morgan fingerprint density at radius 3 is 3.11 bits per heavy atom. The van der Waals surface area contributed by atoms with Crippen LogP contribution in [0.2, 0.25) is 0 Å². The molecule has 0 unspecified atom stereocenters. The first-order valence-electron chi connectivity index (χ1n) is 3.23. The molecule has 0 spiro atoms. The van der Waals surface area contributed by atoms with E-state index in [0.29, 0.717) is 6.04 Å². The van der Waals surface area contributed by atoms with Crippen molar-refractivity contribution in [2.75, 3.05) is 6.54 Å². The monoisotopic (exact) mass is 122 g/mol. The summed E-state index contributed by atoms with van der Waals surface area (Å²) in [5.74, 6) is 0. The molecule has 0 radical (unpaired) electrons. The van der Waals surface area contributed by atoms with Gasteiger partial charge in [0.2, 0.25) is 0 Å². The highest BCUT2D eigenvalue weighted by molar-refractivity contribution is 5.07. The predicted molar refractivity (Wildman–Crippen MR) is 35.8 cm³/mol. The number of hydrogen-bond acceptors (Lipinski definition) is 2. The van der Waals surface area contributed by atoms with Crippen molar-refractivity contribution in [1.29, 1.82) is 5.26 Å². The second kappa shape index (κ2) is 3.26. The van der Waals surface area contributed by atoms with Crippen molar-refractivity contribution in [1.82, 2.24) is 5.32 Å². The second-order valence-corrected chi connectivity index (χ2v) is 2.19. The van der Waals surface area contributed by atoms with Crippen LogP contribution in [0.15, 0.2) is 12.2 Å². The molecule has 1 atom stereocenters. The van der Waals surface area contributed by atoms with Gasteiger partial charge in [-0.1, -0.05) is 6.08 Å². The Bertz CT molecular complexity index is 137. The van der Waals surface area contributed by atoms with E-state index < -0.39 is 0 Å². The van der Waals surface area contributed by atoms with E-state index in [0.717, 1.165) is 6.54 Å². The molecule has 0 aromatic heterocycles. The number of allylic oxidation sites excluding steroid dienone is 1. The number of nitrogens with one attached hydrogen (secondary N) is 1. The molecule has 0 aliphatic carbocycles. The van der Waals surface area contributed by atoms with Crippen LogP contribution in [0.3, 0.4) is 0 Å². The summed E-state index contributed by atoms with van der Waals surface area (Å²) in [4.78, 5) is 0. The van der Waals surface area contributed by atoms with E-state index in [2.05, 4.69) is 5.32 Å². The molecular weight excluding hydrogens is 112 g/mol. The van der Waals surface area contributed by atoms with Gasteiger partial charge in [-0.3, -0.25) is 0 Å². The molecule has 2 heteroatoms. The largest absolute Gasteiger partial charge is 0.310 e. The van der Waals surface area contributed by atoms with Gasteiger partial charge in [0.1, 0.15) is 0 Å². The van der Waals surface area contributed by atoms with Gasteiger partial charge in [0, 0.05) is 12.1 Å². The van der Waals surface area contributed by atoms with E-state index in [1.165, 1.54) is 12.8 Å². The zero-order valence-electron chi connectivity index (χ0n) is 5.30. The van der Waals surface area contributed by atoms with Crippen molar-refractivity contribution >= 4 is 0 Å². The highest BCUT2D eigenvalue weighted by Gasteiger charge is 2.08. The number of nitrogens with zero attached hydrogens (tertiary/aromatic N) is 1. The van der Waals surface area contributed by atoms with Gasteiger partial charge in [0.25, 0.3) is 0 Å². The lowest BCUT2D eigenvalue weighted by Crippen LogP contribution is -2.17. The van der Waals surface area contributed by atoms with Gasteiger partial charge >= 0.3 is 0 Å². The molecule has 0 saturated carbocycles. The van der Waals surface area contributed by atoms with Crippen LogP contribution < -0.4 is 5.32 Å². The molecule has 1 aliphatic heterocycles. The van der Waals surface area contributed by atoms with E-state index in [9.17, 15) is 0 Å². The molecule has 1 saturated heterocycles.